The second-order valence-corrected chi connectivity index (χ2v) is 6.36. The van der Waals surface area contributed by atoms with Crippen molar-refractivity contribution in [3.8, 4) is 0 Å². The molecule has 1 fully saturated rings. The maximum atomic E-state index is 12.2. The Hall–Kier alpha value is -2.37. The van der Waals surface area contributed by atoms with Gasteiger partial charge in [-0.2, -0.15) is 0 Å². The average Bonchev–Trinajstić information content (AvgIpc) is 2.60. The SMILES string of the molecule is CCOC(=O)C(CC=O)C1CCN(C(=O)O)C(Cc2ccccc2)C1. The van der Waals surface area contributed by atoms with E-state index in [0.717, 1.165) is 11.8 Å². The number of nitrogens with zero attached hydrogens (tertiary/aromatic N) is 1. The Morgan fingerprint density at radius 3 is 2.68 bits per heavy atom. The van der Waals surface area contributed by atoms with Crippen LogP contribution in [0.2, 0.25) is 0 Å². The van der Waals surface area contributed by atoms with E-state index < -0.39 is 12.0 Å². The van der Waals surface area contributed by atoms with Crippen molar-refractivity contribution in [2.24, 2.45) is 11.8 Å². The molecule has 25 heavy (non-hydrogen) atoms. The molecule has 0 bridgehead atoms. The van der Waals surface area contributed by atoms with Crippen molar-refractivity contribution in [2.45, 2.75) is 38.6 Å². The summed E-state index contributed by atoms with van der Waals surface area (Å²) in [5, 5.41) is 9.49. The first-order chi connectivity index (χ1) is 12.1. The van der Waals surface area contributed by atoms with Crippen LogP contribution in [0.4, 0.5) is 4.79 Å². The highest BCUT2D eigenvalue weighted by Gasteiger charge is 2.38. The average molecular weight is 347 g/mol. The molecule has 1 N–H and O–H groups in total. The minimum Gasteiger partial charge on any atom is -0.466 e. The quantitative estimate of drug-likeness (QED) is 0.606. The number of carbonyl (C=O) groups excluding carboxylic acids is 2. The van der Waals surface area contributed by atoms with Crippen LogP contribution in [0.15, 0.2) is 30.3 Å². The molecule has 3 atom stereocenters. The van der Waals surface area contributed by atoms with Gasteiger partial charge in [0.15, 0.2) is 0 Å². The highest BCUT2D eigenvalue weighted by atomic mass is 16.5. The zero-order valence-electron chi connectivity index (χ0n) is 14.5. The van der Waals surface area contributed by atoms with Crippen LogP contribution < -0.4 is 0 Å². The first-order valence-corrected chi connectivity index (χ1v) is 8.70. The summed E-state index contributed by atoms with van der Waals surface area (Å²) >= 11 is 0. The number of esters is 1. The van der Waals surface area contributed by atoms with Crippen molar-refractivity contribution in [2.75, 3.05) is 13.2 Å². The lowest BCUT2D eigenvalue weighted by atomic mass is 9.78. The molecule has 136 valence electrons. The van der Waals surface area contributed by atoms with Gasteiger partial charge in [-0.15, -0.1) is 0 Å². The molecule has 2 rings (SSSR count). The molecule has 1 heterocycles. The van der Waals surface area contributed by atoms with Crippen LogP contribution in [0.1, 0.15) is 31.7 Å². The third-order valence-corrected chi connectivity index (χ3v) is 4.82. The Morgan fingerprint density at radius 2 is 2.08 bits per heavy atom. The van der Waals surface area contributed by atoms with Gasteiger partial charge in [-0.25, -0.2) is 4.79 Å². The zero-order chi connectivity index (χ0) is 18.2. The molecule has 0 saturated carbocycles. The number of ether oxygens (including phenoxy) is 1. The third-order valence-electron chi connectivity index (χ3n) is 4.82. The fourth-order valence-electron chi connectivity index (χ4n) is 3.61. The molecule has 1 saturated heterocycles. The Labute approximate surface area is 147 Å². The van der Waals surface area contributed by atoms with Crippen LogP contribution in [-0.4, -0.2) is 47.5 Å². The fourth-order valence-corrected chi connectivity index (χ4v) is 3.61. The van der Waals surface area contributed by atoms with Gasteiger partial charge in [0.05, 0.1) is 12.5 Å². The zero-order valence-corrected chi connectivity index (χ0v) is 14.5. The molecule has 1 aliphatic rings. The number of piperidine rings is 1. The normalized spacial score (nSPS) is 21.4. The predicted octanol–water partition coefficient (Wildman–Crippen LogP) is 2.76. The Balaban J connectivity index is 2.15. The summed E-state index contributed by atoms with van der Waals surface area (Å²) in [5.41, 5.74) is 1.06. The molecule has 3 unspecified atom stereocenters. The fraction of sp³-hybridized carbons (Fsp3) is 0.526. The number of hydrogen-bond donors (Lipinski definition) is 1. The number of rotatable bonds is 7. The lowest BCUT2D eigenvalue weighted by Crippen LogP contribution is -2.48. The number of hydrogen-bond acceptors (Lipinski definition) is 4. The highest BCUT2D eigenvalue weighted by molar-refractivity contribution is 5.76. The van der Waals surface area contributed by atoms with Gasteiger partial charge in [0, 0.05) is 19.0 Å². The van der Waals surface area contributed by atoms with Crippen molar-refractivity contribution >= 4 is 18.3 Å². The first kappa shape index (κ1) is 19.0. The van der Waals surface area contributed by atoms with Gasteiger partial charge >= 0.3 is 12.1 Å². The van der Waals surface area contributed by atoms with Gasteiger partial charge in [0.1, 0.15) is 6.29 Å². The Kier molecular flexibility index (Phi) is 6.98. The van der Waals surface area contributed by atoms with E-state index in [-0.39, 0.29) is 31.0 Å². The van der Waals surface area contributed by atoms with E-state index in [0.29, 0.717) is 25.8 Å². The molecule has 6 heteroatoms. The first-order valence-electron chi connectivity index (χ1n) is 8.70. The van der Waals surface area contributed by atoms with E-state index in [4.69, 9.17) is 4.74 Å². The third kappa shape index (κ3) is 5.05. The van der Waals surface area contributed by atoms with E-state index >= 15 is 0 Å². The molecule has 1 amide bonds. The largest absolute Gasteiger partial charge is 0.466 e. The minimum atomic E-state index is -0.942. The summed E-state index contributed by atoms with van der Waals surface area (Å²) < 4.78 is 5.11. The van der Waals surface area contributed by atoms with Crippen molar-refractivity contribution in [3.05, 3.63) is 35.9 Å². The van der Waals surface area contributed by atoms with E-state index in [1.54, 1.807) is 6.92 Å². The van der Waals surface area contributed by atoms with Gasteiger partial charge in [-0.1, -0.05) is 30.3 Å². The number of aldehydes is 1. The number of likely N-dealkylation sites (tertiary alicyclic amines) is 1. The van der Waals surface area contributed by atoms with Gasteiger partial charge in [-0.3, -0.25) is 4.79 Å². The van der Waals surface area contributed by atoms with Crippen molar-refractivity contribution in [3.63, 3.8) is 0 Å². The maximum absolute atomic E-state index is 12.2. The predicted molar refractivity (Wildman–Crippen MR) is 92.2 cm³/mol. The van der Waals surface area contributed by atoms with E-state index in [2.05, 4.69) is 0 Å². The molecule has 6 nitrogen and oxygen atoms in total. The van der Waals surface area contributed by atoms with Crippen molar-refractivity contribution in [1.29, 1.82) is 0 Å². The van der Waals surface area contributed by atoms with Gasteiger partial charge in [0.2, 0.25) is 0 Å². The van der Waals surface area contributed by atoms with Crippen LogP contribution in [-0.2, 0) is 20.7 Å². The highest BCUT2D eigenvalue weighted by Crippen LogP contribution is 2.33. The standard InChI is InChI=1S/C19H25NO5/c1-2-25-18(22)17(9-11-21)15-8-10-20(19(23)24)16(13-15)12-14-6-4-3-5-7-14/h3-7,11,15-17H,2,8-10,12-13H2,1H3,(H,23,24). The summed E-state index contributed by atoms with van der Waals surface area (Å²) in [5.74, 6) is -0.901. The van der Waals surface area contributed by atoms with E-state index in [1.807, 2.05) is 30.3 Å². The Morgan fingerprint density at radius 1 is 1.36 bits per heavy atom. The molecule has 0 radical (unpaired) electrons. The topological polar surface area (TPSA) is 83.9 Å². The van der Waals surface area contributed by atoms with Gasteiger partial charge in [-0.05, 0) is 37.7 Å². The number of amides is 1. The summed E-state index contributed by atoms with van der Waals surface area (Å²) in [6.45, 7) is 2.38. The monoisotopic (exact) mass is 347 g/mol. The summed E-state index contributed by atoms with van der Waals surface area (Å²) in [4.78, 5) is 36.2. The second-order valence-electron chi connectivity index (χ2n) is 6.36. The van der Waals surface area contributed by atoms with Gasteiger partial charge in [0.25, 0.3) is 0 Å². The van der Waals surface area contributed by atoms with Crippen LogP contribution >= 0.6 is 0 Å². The van der Waals surface area contributed by atoms with Crippen LogP contribution in [0.3, 0.4) is 0 Å². The molecular weight excluding hydrogens is 322 g/mol. The second kappa shape index (κ2) is 9.20. The van der Waals surface area contributed by atoms with Crippen LogP contribution in [0.5, 0.6) is 0 Å². The summed E-state index contributed by atoms with van der Waals surface area (Å²) in [6.07, 6.45) is 1.64. The van der Waals surface area contributed by atoms with E-state index in [9.17, 15) is 19.5 Å². The van der Waals surface area contributed by atoms with Gasteiger partial charge < -0.3 is 19.5 Å². The maximum Gasteiger partial charge on any atom is 0.407 e. The van der Waals surface area contributed by atoms with E-state index in [1.165, 1.54) is 4.90 Å². The molecule has 0 aliphatic carbocycles. The molecular formula is C19H25NO5. The molecule has 1 aromatic rings. The smallest absolute Gasteiger partial charge is 0.407 e. The molecule has 1 aliphatic heterocycles. The van der Waals surface area contributed by atoms with Crippen molar-refractivity contribution < 1.29 is 24.2 Å². The number of carbonyl (C=O) groups is 3. The summed E-state index contributed by atoms with van der Waals surface area (Å²) in [6, 6.07) is 9.50. The lowest BCUT2D eigenvalue weighted by Gasteiger charge is -2.40. The Bertz CT molecular complexity index is 589. The lowest BCUT2D eigenvalue weighted by molar-refractivity contribution is -0.152. The number of carboxylic acid groups (broad SMARTS) is 1. The van der Waals surface area contributed by atoms with Crippen LogP contribution in [0, 0.1) is 11.8 Å². The molecule has 0 aromatic heterocycles. The molecule has 1 aromatic carbocycles. The minimum absolute atomic E-state index is 0.0476. The number of benzene rings is 1. The summed E-state index contributed by atoms with van der Waals surface area (Å²) in [7, 11) is 0. The van der Waals surface area contributed by atoms with Crippen LogP contribution in [0.25, 0.3) is 0 Å². The van der Waals surface area contributed by atoms with Crippen molar-refractivity contribution in [1.82, 2.24) is 4.90 Å². The molecule has 0 spiro atoms.